The second-order valence-electron chi connectivity index (χ2n) is 5.52. The third-order valence-corrected chi connectivity index (χ3v) is 3.82. The Morgan fingerprint density at radius 3 is 2.76 bits per heavy atom. The van der Waals surface area contributed by atoms with Crippen LogP contribution in [-0.4, -0.2) is 23.3 Å². The lowest BCUT2D eigenvalue weighted by Gasteiger charge is -2.10. The predicted octanol–water partition coefficient (Wildman–Crippen LogP) is 2.79. The number of rotatable bonds is 6. The van der Waals surface area contributed by atoms with E-state index >= 15 is 0 Å². The number of hydrogen-bond acceptors (Lipinski definition) is 5. The normalized spacial score (nSPS) is 10.6. The maximum absolute atomic E-state index is 12.0. The highest BCUT2D eigenvalue weighted by Crippen LogP contribution is 2.21. The Balaban J connectivity index is 1.62. The van der Waals surface area contributed by atoms with Crippen LogP contribution in [0.25, 0.3) is 10.9 Å². The SMILES string of the molecule is CCc1cc(CNC(=O)NCc2cc(OC)nc3ccccc23)on1. The van der Waals surface area contributed by atoms with E-state index in [2.05, 4.69) is 20.8 Å². The molecule has 0 bridgehead atoms. The maximum atomic E-state index is 12.0. The summed E-state index contributed by atoms with van der Waals surface area (Å²) in [4.78, 5) is 16.4. The van der Waals surface area contributed by atoms with Crippen LogP contribution in [0.1, 0.15) is 23.9 Å². The van der Waals surface area contributed by atoms with Gasteiger partial charge in [-0.25, -0.2) is 9.78 Å². The molecule has 7 nitrogen and oxygen atoms in total. The van der Waals surface area contributed by atoms with Gasteiger partial charge in [0, 0.05) is 24.1 Å². The van der Waals surface area contributed by atoms with E-state index in [9.17, 15) is 4.79 Å². The Morgan fingerprint density at radius 2 is 2.00 bits per heavy atom. The largest absolute Gasteiger partial charge is 0.481 e. The van der Waals surface area contributed by atoms with Gasteiger partial charge in [0.15, 0.2) is 5.76 Å². The summed E-state index contributed by atoms with van der Waals surface area (Å²) in [6, 6.07) is 11.1. The van der Waals surface area contributed by atoms with Gasteiger partial charge < -0.3 is 19.9 Å². The van der Waals surface area contributed by atoms with Crippen LogP contribution < -0.4 is 15.4 Å². The summed E-state index contributed by atoms with van der Waals surface area (Å²) in [7, 11) is 1.57. The fraction of sp³-hybridized carbons (Fsp3) is 0.278. The Morgan fingerprint density at radius 1 is 1.20 bits per heavy atom. The summed E-state index contributed by atoms with van der Waals surface area (Å²) in [6.07, 6.45) is 0.798. The molecule has 130 valence electrons. The van der Waals surface area contributed by atoms with Crippen molar-refractivity contribution in [3.63, 3.8) is 0 Å². The van der Waals surface area contributed by atoms with E-state index in [4.69, 9.17) is 9.26 Å². The molecule has 2 heterocycles. The van der Waals surface area contributed by atoms with Crippen molar-refractivity contribution < 1.29 is 14.1 Å². The summed E-state index contributed by atoms with van der Waals surface area (Å²) >= 11 is 0. The Kier molecular flexibility index (Phi) is 5.13. The number of aryl methyl sites for hydroxylation is 1. The average molecular weight is 340 g/mol. The molecule has 0 radical (unpaired) electrons. The molecule has 0 unspecified atom stereocenters. The number of aromatic nitrogens is 2. The maximum Gasteiger partial charge on any atom is 0.315 e. The van der Waals surface area contributed by atoms with Crippen molar-refractivity contribution in [3.05, 3.63) is 53.4 Å². The first-order chi connectivity index (χ1) is 12.2. The fourth-order valence-corrected chi connectivity index (χ4v) is 2.48. The van der Waals surface area contributed by atoms with E-state index in [0.29, 0.717) is 24.7 Å². The zero-order valence-electron chi connectivity index (χ0n) is 14.2. The summed E-state index contributed by atoms with van der Waals surface area (Å²) < 4.78 is 10.4. The van der Waals surface area contributed by atoms with E-state index in [1.54, 1.807) is 7.11 Å². The molecule has 0 atom stereocenters. The van der Waals surface area contributed by atoms with Crippen LogP contribution in [0, 0.1) is 0 Å². The van der Waals surface area contributed by atoms with Crippen LogP contribution in [0.15, 0.2) is 40.9 Å². The number of benzene rings is 1. The van der Waals surface area contributed by atoms with Gasteiger partial charge in [-0.3, -0.25) is 0 Å². The number of hydrogen-bond donors (Lipinski definition) is 2. The molecule has 0 aliphatic rings. The molecular weight excluding hydrogens is 320 g/mol. The molecule has 2 N–H and O–H groups in total. The van der Waals surface area contributed by atoms with Crippen molar-refractivity contribution in [2.75, 3.05) is 7.11 Å². The molecule has 25 heavy (non-hydrogen) atoms. The topological polar surface area (TPSA) is 89.3 Å². The van der Waals surface area contributed by atoms with Gasteiger partial charge in [-0.2, -0.15) is 0 Å². The molecule has 1 aromatic carbocycles. The summed E-state index contributed by atoms with van der Waals surface area (Å²) in [5.41, 5.74) is 2.63. The molecule has 3 rings (SSSR count). The van der Waals surface area contributed by atoms with Crippen molar-refractivity contribution in [2.24, 2.45) is 0 Å². The van der Waals surface area contributed by atoms with Gasteiger partial charge in [0.25, 0.3) is 0 Å². The van der Waals surface area contributed by atoms with Crippen molar-refractivity contribution >= 4 is 16.9 Å². The number of fused-ring (bicyclic) bond motifs is 1. The van der Waals surface area contributed by atoms with E-state index in [1.165, 1.54) is 0 Å². The molecular formula is C18H20N4O3. The van der Waals surface area contributed by atoms with E-state index in [-0.39, 0.29) is 6.03 Å². The Hall–Kier alpha value is -3.09. The minimum Gasteiger partial charge on any atom is -0.481 e. The van der Waals surface area contributed by atoms with Crippen molar-refractivity contribution in [3.8, 4) is 5.88 Å². The van der Waals surface area contributed by atoms with Gasteiger partial charge in [-0.05, 0) is 18.1 Å². The first-order valence-corrected chi connectivity index (χ1v) is 8.08. The third-order valence-electron chi connectivity index (χ3n) is 3.82. The van der Waals surface area contributed by atoms with Crippen LogP contribution >= 0.6 is 0 Å². The molecule has 0 aliphatic heterocycles. The number of carbonyl (C=O) groups is 1. The lowest BCUT2D eigenvalue weighted by atomic mass is 10.1. The molecule has 3 aromatic rings. The highest BCUT2D eigenvalue weighted by Gasteiger charge is 2.09. The minimum absolute atomic E-state index is 0.283. The van der Waals surface area contributed by atoms with Crippen LogP contribution in [-0.2, 0) is 19.5 Å². The van der Waals surface area contributed by atoms with E-state index in [0.717, 1.165) is 28.6 Å². The van der Waals surface area contributed by atoms with Gasteiger partial charge in [0.2, 0.25) is 5.88 Å². The van der Waals surface area contributed by atoms with Gasteiger partial charge in [-0.15, -0.1) is 0 Å². The number of urea groups is 1. The Bertz CT molecular complexity index is 876. The van der Waals surface area contributed by atoms with Crippen LogP contribution in [0.4, 0.5) is 4.79 Å². The average Bonchev–Trinajstić information content (AvgIpc) is 3.12. The number of nitrogens with zero attached hydrogens (tertiary/aromatic N) is 2. The molecule has 0 spiro atoms. The van der Waals surface area contributed by atoms with Crippen molar-refractivity contribution in [1.29, 1.82) is 0 Å². The van der Waals surface area contributed by atoms with Crippen LogP contribution in [0.2, 0.25) is 0 Å². The quantitative estimate of drug-likeness (QED) is 0.720. The molecule has 2 amide bonds. The number of pyridine rings is 1. The van der Waals surface area contributed by atoms with Crippen molar-refractivity contribution in [2.45, 2.75) is 26.4 Å². The van der Waals surface area contributed by atoms with E-state index in [1.807, 2.05) is 43.3 Å². The van der Waals surface area contributed by atoms with Gasteiger partial charge in [-0.1, -0.05) is 30.3 Å². The number of para-hydroxylation sites is 1. The summed E-state index contributed by atoms with van der Waals surface area (Å²) in [5.74, 6) is 1.15. The number of methoxy groups -OCH3 is 1. The zero-order valence-corrected chi connectivity index (χ0v) is 14.2. The van der Waals surface area contributed by atoms with E-state index < -0.39 is 0 Å². The second kappa shape index (κ2) is 7.65. The lowest BCUT2D eigenvalue weighted by molar-refractivity contribution is 0.238. The number of amides is 2. The van der Waals surface area contributed by atoms with Gasteiger partial charge in [0.05, 0.1) is 24.9 Å². The van der Waals surface area contributed by atoms with Crippen molar-refractivity contribution in [1.82, 2.24) is 20.8 Å². The summed E-state index contributed by atoms with van der Waals surface area (Å²) in [5, 5.41) is 10.5. The van der Waals surface area contributed by atoms with Crippen LogP contribution in [0.5, 0.6) is 5.88 Å². The highest BCUT2D eigenvalue weighted by molar-refractivity contribution is 5.83. The minimum atomic E-state index is -0.283. The first kappa shape index (κ1) is 16.8. The smallest absolute Gasteiger partial charge is 0.315 e. The number of ether oxygens (including phenoxy) is 1. The molecule has 0 saturated heterocycles. The molecule has 2 aromatic heterocycles. The highest BCUT2D eigenvalue weighted by atomic mass is 16.5. The van der Waals surface area contributed by atoms with Gasteiger partial charge in [0.1, 0.15) is 0 Å². The lowest BCUT2D eigenvalue weighted by Crippen LogP contribution is -2.34. The number of carbonyl (C=O) groups excluding carboxylic acids is 1. The second-order valence-corrected chi connectivity index (χ2v) is 5.52. The third kappa shape index (κ3) is 4.06. The van der Waals surface area contributed by atoms with Crippen LogP contribution in [0.3, 0.4) is 0 Å². The number of nitrogens with one attached hydrogen (secondary N) is 2. The Labute approximate surface area is 145 Å². The standard InChI is InChI=1S/C18H20N4O3/c1-3-13-9-14(25-22-13)11-20-18(23)19-10-12-8-17(24-2)21-16-7-5-4-6-15(12)16/h4-9H,3,10-11H2,1-2H3,(H2,19,20,23). The summed E-state index contributed by atoms with van der Waals surface area (Å²) in [6.45, 7) is 2.65. The van der Waals surface area contributed by atoms with Gasteiger partial charge >= 0.3 is 6.03 Å². The predicted molar refractivity (Wildman–Crippen MR) is 93.3 cm³/mol. The zero-order chi connectivity index (χ0) is 17.6. The fourth-order valence-electron chi connectivity index (χ4n) is 2.48. The first-order valence-electron chi connectivity index (χ1n) is 8.08. The molecule has 7 heteroatoms. The molecule has 0 saturated carbocycles. The molecule has 0 aliphatic carbocycles. The monoisotopic (exact) mass is 340 g/mol. The molecule has 0 fully saturated rings.